The standard InChI is InChI=1S/C22H24FN3O3/c23-18-6-4-15(5-7-18)11-24-20(27)8-9-21(28)25-12-16-10-17(14-25)19-2-1-3-22(29)26(19)13-16/h1-7,16-17H,8-14H2,(H,24,27)/t16-,17?/m1/s1. The summed E-state index contributed by atoms with van der Waals surface area (Å²) in [5, 5.41) is 2.77. The van der Waals surface area contributed by atoms with Gasteiger partial charge in [0, 0.05) is 56.7 Å². The van der Waals surface area contributed by atoms with Crippen LogP contribution in [0.25, 0.3) is 0 Å². The molecule has 2 atom stereocenters. The van der Waals surface area contributed by atoms with Crippen molar-refractivity contribution in [1.29, 1.82) is 0 Å². The first-order chi connectivity index (χ1) is 14.0. The van der Waals surface area contributed by atoms with Crippen LogP contribution in [0.3, 0.4) is 0 Å². The highest BCUT2D eigenvalue weighted by Gasteiger charge is 2.36. The highest BCUT2D eigenvalue weighted by atomic mass is 19.1. The lowest BCUT2D eigenvalue weighted by molar-refractivity contribution is -0.136. The molecule has 2 amide bonds. The molecule has 3 heterocycles. The average Bonchev–Trinajstić information content (AvgIpc) is 2.72. The van der Waals surface area contributed by atoms with Crippen LogP contribution in [0.1, 0.15) is 36.4 Å². The third-order valence-corrected chi connectivity index (χ3v) is 5.80. The summed E-state index contributed by atoms with van der Waals surface area (Å²) in [6.07, 6.45) is 1.28. The van der Waals surface area contributed by atoms with Crippen molar-refractivity contribution >= 4 is 11.8 Å². The average molecular weight is 397 g/mol. The molecule has 0 radical (unpaired) electrons. The van der Waals surface area contributed by atoms with Crippen molar-refractivity contribution in [3.05, 3.63) is 69.9 Å². The molecular weight excluding hydrogens is 373 g/mol. The molecule has 2 bridgehead atoms. The Morgan fingerprint density at radius 1 is 1.03 bits per heavy atom. The molecule has 2 aliphatic heterocycles. The molecule has 4 rings (SSSR count). The zero-order valence-electron chi connectivity index (χ0n) is 16.1. The fraction of sp³-hybridized carbons (Fsp3) is 0.409. The number of piperidine rings is 1. The highest BCUT2D eigenvalue weighted by molar-refractivity contribution is 5.83. The third kappa shape index (κ3) is 4.39. The Morgan fingerprint density at radius 3 is 2.62 bits per heavy atom. The SMILES string of the molecule is O=C(CCC(=O)N1CC2C[C@H](C1)Cn1c2cccc1=O)NCc1ccc(F)cc1. The molecule has 6 nitrogen and oxygen atoms in total. The summed E-state index contributed by atoms with van der Waals surface area (Å²) in [4.78, 5) is 38.7. The molecule has 1 saturated heterocycles. The van der Waals surface area contributed by atoms with Gasteiger partial charge < -0.3 is 14.8 Å². The first-order valence-electron chi connectivity index (χ1n) is 9.98. The minimum absolute atomic E-state index is 0.0230. The largest absolute Gasteiger partial charge is 0.352 e. The van der Waals surface area contributed by atoms with Gasteiger partial charge in [0.1, 0.15) is 5.82 Å². The number of nitrogens with zero attached hydrogens (tertiary/aromatic N) is 2. The molecule has 1 aromatic heterocycles. The molecule has 29 heavy (non-hydrogen) atoms. The van der Waals surface area contributed by atoms with Crippen molar-refractivity contribution in [2.24, 2.45) is 5.92 Å². The van der Waals surface area contributed by atoms with E-state index < -0.39 is 0 Å². The van der Waals surface area contributed by atoms with Crippen LogP contribution >= 0.6 is 0 Å². The maximum atomic E-state index is 12.9. The topological polar surface area (TPSA) is 71.4 Å². The molecule has 0 saturated carbocycles. The van der Waals surface area contributed by atoms with Crippen molar-refractivity contribution in [1.82, 2.24) is 14.8 Å². The van der Waals surface area contributed by atoms with Crippen molar-refractivity contribution in [2.45, 2.75) is 38.3 Å². The first kappa shape index (κ1) is 19.4. The van der Waals surface area contributed by atoms with Crippen LogP contribution in [0.2, 0.25) is 0 Å². The van der Waals surface area contributed by atoms with E-state index in [0.29, 0.717) is 26.2 Å². The molecule has 1 unspecified atom stereocenters. The number of halogens is 1. The Hall–Kier alpha value is -2.96. The summed E-state index contributed by atoms with van der Waals surface area (Å²) in [6, 6.07) is 11.3. The number of hydrogen-bond acceptors (Lipinski definition) is 3. The second-order valence-electron chi connectivity index (χ2n) is 7.90. The lowest BCUT2D eigenvalue weighted by Gasteiger charge is -2.42. The quantitative estimate of drug-likeness (QED) is 0.839. The molecule has 0 aliphatic carbocycles. The normalized spacial score (nSPS) is 20.1. The van der Waals surface area contributed by atoms with Crippen molar-refractivity contribution in [2.75, 3.05) is 13.1 Å². The Labute approximate surface area is 168 Å². The molecule has 2 aliphatic rings. The molecule has 152 valence electrons. The number of amides is 2. The summed E-state index contributed by atoms with van der Waals surface area (Å²) >= 11 is 0. The van der Waals surface area contributed by atoms with Gasteiger partial charge in [0.05, 0.1) is 0 Å². The van der Waals surface area contributed by atoms with Crippen LogP contribution in [0, 0.1) is 11.7 Å². The zero-order chi connectivity index (χ0) is 20.4. The monoisotopic (exact) mass is 397 g/mol. The number of benzene rings is 1. The van der Waals surface area contributed by atoms with E-state index in [1.807, 2.05) is 15.5 Å². The number of aromatic nitrogens is 1. The van der Waals surface area contributed by atoms with E-state index in [1.54, 1.807) is 24.3 Å². The van der Waals surface area contributed by atoms with Crippen LogP contribution in [0.4, 0.5) is 4.39 Å². The number of carbonyl (C=O) groups is 2. The number of nitrogens with one attached hydrogen (secondary N) is 1. The van der Waals surface area contributed by atoms with E-state index in [-0.39, 0.29) is 47.9 Å². The number of pyridine rings is 1. The summed E-state index contributed by atoms with van der Waals surface area (Å²) in [5.74, 6) is -0.0881. The molecule has 2 aromatic rings. The molecule has 7 heteroatoms. The van der Waals surface area contributed by atoms with Crippen molar-refractivity contribution < 1.29 is 14.0 Å². The van der Waals surface area contributed by atoms with Gasteiger partial charge in [0.2, 0.25) is 11.8 Å². The minimum atomic E-state index is -0.315. The fourth-order valence-electron chi connectivity index (χ4n) is 4.37. The lowest BCUT2D eigenvalue weighted by Crippen LogP contribution is -2.49. The van der Waals surface area contributed by atoms with Gasteiger partial charge in [-0.25, -0.2) is 4.39 Å². The predicted molar refractivity (Wildman–Crippen MR) is 106 cm³/mol. The Morgan fingerprint density at radius 2 is 1.83 bits per heavy atom. The number of hydrogen-bond donors (Lipinski definition) is 1. The smallest absolute Gasteiger partial charge is 0.250 e. The fourth-order valence-corrected chi connectivity index (χ4v) is 4.37. The number of fused-ring (bicyclic) bond motifs is 4. The van der Waals surface area contributed by atoms with E-state index in [1.165, 1.54) is 12.1 Å². The zero-order valence-corrected chi connectivity index (χ0v) is 16.1. The van der Waals surface area contributed by atoms with Crippen LogP contribution in [-0.2, 0) is 22.7 Å². The van der Waals surface area contributed by atoms with Gasteiger partial charge in [-0.1, -0.05) is 18.2 Å². The summed E-state index contributed by atoms with van der Waals surface area (Å²) < 4.78 is 14.7. The van der Waals surface area contributed by atoms with Gasteiger partial charge in [-0.2, -0.15) is 0 Å². The summed E-state index contributed by atoms with van der Waals surface area (Å²) in [5.41, 5.74) is 1.84. The van der Waals surface area contributed by atoms with E-state index in [4.69, 9.17) is 0 Å². The number of likely N-dealkylation sites (tertiary alicyclic amines) is 1. The molecule has 0 spiro atoms. The van der Waals surface area contributed by atoms with Crippen LogP contribution in [0.5, 0.6) is 0 Å². The van der Waals surface area contributed by atoms with Gasteiger partial charge in [-0.3, -0.25) is 14.4 Å². The molecule has 1 fully saturated rings. The van der Waals surface area contributed by atoms with E-state index in [9.17, 15) is 18.8 Å². The number of carbonyl (C=O) groups excluding carboxylic acids is 2. The predicted octanol–water partition coefficient (Wildman–Crippen LogP) is 2.03. The summed E-state index contributed by atoms with van der Waals surface area (Å²) in [6.45, 7) is 2.18. The Kier molecular flexibility index (Phi) is 5.47. The van der Waals surface area contributed by atoms with E-state index in [2.05, 4.69) is 5.32 Å². The number of rotatable bonds is 5. The van der Waals surface area contributed by atoms with E-state index in [0.717, 1.165) is 17.7 Å². The van der Waals surface area contributed by atoms with Gasteiger partial charge >= 0.3 is 0 Å². The van der Waals surface area contributed by atoms with Crippen LogP contribution in [-0.4, -0.2) is 34.4 Å². The van der Waals surface area contributed by atoms with Crippen molar-refractivity contribution in [3.8, 4) is 0 Å². The summed E-state index contributed by atoms with van der Waals surface area (Å²) in [7, 11) is 0. The second kappa shape index (κ2) is 8.19. The van der Waals surface area contributed by atoms with Gasteiger partial charge in [-0.05, 0) is 36.1 Å². The lowest BCUT2D eigenvalue weighted by atomic mass is 9.83. The Bertz CT molecular complexity index is 970. The second-order valence-corrected chi connectivity index (χ2v) is 7.90. The van der Waals surface area contributed by atoms with Gasteiger partial charge in [0.15, 0.2) is 0 Å². The van der Waals surface area contributed by atoms with Crippen LogP contribution in [0.15, 0.2) is 47.3 Å². The van der Waals surface area contributed by atoms with Gasteiger partial charge in [0.25, 0.3) is 5.56 Å². The Balaban J connectivity index is 1.29. The minimum Gasteiger partial charge on any atom is -0.352 e. The van der Waals surface area contributed by atoms with Crippen LogP contribution < -0.4 is 10.9 Å². The molecular formula is C22H24FN3O3. The molecule has 1 N–H and O–H groups in total. The maximum absolute atomic E-state index is 12.9. The highest BCUT2D eigenvalue weighted by Crippen LogP contribution is 2.35. The van der Waals surface area contributed by atoms with Crippen molar-refractivity contribution in [3.63, 3.8) is 0 Å². The first-order valence-corrected chi connectivity index (χ1v) is 9.98. The van der Waals surface area contributed by atoms with Gasteiger partial charge in [-0.15, -0.1) is 0 Å². The maximum Gasteiger partial charge on any atom is 0.250 e. The van der Waals surface area contributed by atoms with E-state index >= 15 is 0 Å². The molecule has 1 aromatic carbocycles. The third-order valence-electron chi connectivity index (χ3n) is 5.80.